The number of nitrogens with two attached hydrogens (primary N) is 1. The number of aryl methyl sites for hydroxylation is 1. The molecular formula is C95H119FN14O19Si. The van der Waals surface area contributed by atoms with E-state index in [1.807, 2.05) is 90.1 Å². The lowest BCUT2D eigenvalue weighted by Crippen LogP contribution is -2.54. The summed E-state index contributed by atoms with van der Waals surface area (Å²) in [5.74, 6) is -5.44. The molecule has 0 spiro atoms. The summed E-state index contributed by atoms with van der Waals surface area (Å²) in [6.45, 7) is 19.6. The number of hydrogen-bond acceptors (Lipinski definition) is 23. The lowest BCUT2D eigenvalue weighted by molar-refractivity contribution is -0.172. The summed E-state index contributed by atoms with van der Waals surface area (Å²) < 4.78 is 60.8. The first-order valence-electron chi connectivity index (χ1n) is 45.5. The Morgan fingerprint density at radius 2 is 1.38 bits per heavy atom. The number of esters is 1. The molecule has 4 aromatic carbocycles. The van der Waals surface area contributed by atoms with Gasteiger partial charge >= 0.3 is 20.9 Å². The highest BCUT2D eigenvalue weighted by molar-refractivity contribution is 6.60. The SMILES string of the molecule is CC[C@@]1(O)C(=O)OCc2c1cc1n(c2=O)Cc2c-1nc1cc(F)c(C)c3c1c2[C@@H](NC(=O)OCc1ccc(NC(=O)[C@H](CCCCN)NC(=O)[C@@H](NC(=O)CCOCCn2nnc4c2-c2ccccc2CN(C(=O)CCNC(=O)CCOCCNC(=O)CCN2C(=O)C5C6C=CC(C6CCC[Si](OC(C)C)(OC(C)C)OC(C)C)C5C2=O)c2ccccc2-4)C(C)C)cc1)CC3. The van der Waals surface area contributed by atoms with E-state index in [0.29, 0.717) is 111 Å². The van der Waals surface area contributed by atoms with Crippen LogP contribution in [0.1, 0.15) is 183 Å². The van der Waals surface area contributed by atoms with Crippen LogP contribution in [-0.2, 0) is 120 Å². The monoisotopic (exact) mass is 1810 g/mol. The zero-order valence-electron chi connectivity index (χ0n) is 75.4. The van der Waals surface area contributed by atoms with E-state index in [4.69, 9.17) is 42.9 Å². The van der Waals surface area contributed by atoms with Gasteiger partial charge in [0.05, 0.1) is 97.8 Å². The van der Waals surface area contributed by atoms with Crippen LogP contribution in [0.2, 0.25) is 6.04 Å². The van der Waals surface area contributed by atoms with E-state index < -0.39 is 91.4 Å². The van der Waals surface area contributed by atoms with Crippen LogP contribution >= 0.6 is 0 Å². The van der Waals surface area contributed by atoms with Crippen LogP contribution in [0.25, 0.3) is 44.8 Å². The number of aromatic nitrogens is 5. The molecule has 3 aliphatic carbocycles. The van der Waals surface area contributed by atoms with E-state index >= 15 is 4.39 Å². The molecule has 7 aromatic rings. The molecule has 8 atom stereocenters. The molecule has 1 saturated carbocycles. The molecule has 2 bridgehead atoms. The molecule has 2 fully saturated rings. The molecule has 7 heterocycles. The van der Waals surface area contributed by atoms with Crippen LogP contribution in [0.3, 0.4) is 0 Å². The molecule has 35 heteroatoms. The Morgan fingerprint density at radius 3 is 2.08 bits per heavy atom. The Morgan fingerprint density at radius 1 is 0.715 bits per heavy atom. The van der Waals surface area contributed by atoms with Crippen molar-refractivity contribution in [1.29, 1.82) is 0 Å². The minimum atomic E-state index is -3.02. The van der Waals surface area contributed by atoms with Crippen molar-refractivity contribution in [2.24, 2.45) is 41.2 Å². The topological polar surface area (TPSA) is 426 Å². The molecule has 4 aliphatic heterocycles. The Balaban J connectivity index is 0.501. The molecule has 4 unspecified atom stereocenters. The summed E-state index contributed by atoms with van der Waals surface area (Å²) in [4.78, 5) is 159. The molecule has 9 amide bonds. The molecule has 130 heavy (non-hydrogen) atoms. The summed E-state index contributed by atoms with van der Waals surface area (Å²) in [5, 5.41) is 38.6. The van der Waals surface area contributed by atoms with Gasteiger partial charge in [-0.15, -0.1) is 5.10 Å². The lowest BCUT2D eigenvalue weighted by atomic mass is 9.81. The summed E-state index contributed by atoms with van der Waals surface area (Å²) in [6, 6.07) is 22.5. The second-order valence-corrected chi connectivity index (χ2v) is 38.3. The second kappa shape index (κ2) is 41.4. The number of anilines is 2. The van der Waals surface area contributed by atoms with Gasteiger partial charge in [-0.3, -0.25) is 48.1 Å². The molecule has 14 rings (SSSR count). The number of cyclic esters (lactones) is 1. The van der Waals surface area contributed by atoms with Crippen molar-refractivity contribution in [3.8, 4) is 33.9 Å². The minimum Gasteiger partial charge on any atom is -0.458 e. The number of rotatable bonds is 42. The first kappa shape index (κ1) is 94.8. The number of nitrogens with zero attached hydrogens (tertiary/aromatic N) is 7. The van der Waals surface area contributed by atoms with Crippen molar-refractivity contribution in [2.45, 2.75) is 227 Å². The van der Waals surface area contributed by atoms with E-state index in [1.54, 1.807) is 67.6 Å². The first-order chi connectivity index (χ1) is 62.4. The van der Waals surface area contributed by atoms with Crippen molar-refractivity contribution in [3.63, 3.8) is 0 Å². The number of para-hydroxylation sites is 1. The molecule has 1 saturated heterocycles. The highest BCUT2D eigenvalue weighted by Crippen LogP contribution is 2.58. The predicted octanol–water partition coefficient (Wildman–Crippen LogP) is 9.46. The Labute approximate surface area is 755 Å². The van der Waals surface area contributed by atoms with Gasteiger partial charge in [-0.1, -0.05) is 92.7 Å². The maximum atomic E-state index is 15.6. The van der Waals surface area contributed by atoms with E-state index in [9.17, 15) is 57.8 Å². The summed E-state index contributed by atoms with van der Waals surface area (Å²) in [5.41, 5.74) is 12.2. The smallest absolute Gasteiger partial charge is 0.458 e. The van der Waals surface area contributed by atoms with Crippen molar-refractivity contribution in [2.75, 3.05) is 62.8 Å². The fourth-order valence-electron chi connectivity index (χ4n) is 19.4. The number of nitrogens with one attached hydrogen (secondary N) is 6. The molecule has 694 valence electrons. The number of carbonyl (C=O) groups excluding carboxylic acids is 10. The van der Waals surface area contributed by atoms with Crippen LogP contribution in [0, 0.1) is 48.2 Å². The van der Waals surface area contributed by atoms with Crippen LogP contribution in [-0.4, -0.2) is 186 Å². The third-order valence-corrected chi connectivity index (χ3v) is 29.0. The van der Waals surface area contributed by atoms with Crippen molar-refractivity contribution < 1.29 is 89.7 Å². The maximum Gasteiger partial charge on any atom is 0.501 e. The molecule has 33 nitrogen and oxygen atoms in total. The van der Waals surface area contributed by atoms with Crippen LogP contribution < -0.4 is 48.1 Å². The minimum absolute atomic E-state index is 0.00575. The van der Waals surface area contributed by atoms with E-state index in [1.165, 1.54) is 15.5 Å². The van der Waals surface area contributed by atoms with Gasteiger partial charge < -0.3 is 84.4 Å². The average molecular weight is 1810 g/mol. The standard InChI is InChI=1S/C95H119FN14O19Si/c1-11-95(122)69-47-75-85-67(50-109(75)90(117)68(69)52-125-93(95)120)81-71(32-31-61-57(10)70(96)48-73(101-85)80(61)81)103-94(121)126-51-58-25-27-60(28-26-58)100-88(115)72(23-16-17-37-97)102-89(116)84(53(2)3)104-78(113)36-43-124-45-41-110-87-62-20-13-12-19-59(62)49-108(74-24-15-14-21-66(74)86(87)105-106-110)79(114)33-38-98-77(112)35-42-123-44-39-99-76(111)34-40-107-91(118)82-64-29-30-65(83(82)92(107)119)63(64)22-18-46-130(127-54(4)5,128-55(6)7)129-56(8)9/h12-15,19-21,24-30,47-48,53-56,63-65,71-72,82-84,122H,11,16-18,22-23,31-46,49-52,97H2,1-10H3,(H,98,112)(H,99,111)(H,100,115)(H,102,116)(H,103,121)(H,104,113)/t63?,64?,65?,71-,72-,82?,83?,84-,95-/m0/s1. The molecule has 9 N–H and O–H groups in total. The van der Waals surface area contributed by atoms with Crippen molar-refractivity contribution in [1.82, 2.24) is 56.0 Å². The quantitative estimate of drug-likeness (QED) is 0.00580. The van der Waals surface area contributed by atoms with E-state index in [-0.39, 0.29) is 194 Å². The maximum absolute atomic E-state index is 15.6. The number of likely N-dealkylation sites (tertiary alicyclic amines) is 1. The number of benzene rings is 4. The molecular weight excluding hydrogens is 1690 g/mol. The number of imide groups is 1. The number of ether oxygens (including phenoxy) is 4. The van der Waals surface area contributed by atoms with E-state index in [0.717, 1.165) is 29.5 Å². The van der Waals surface area contributed by atoms with Crippen molar-refractivity contribution in [3.05, 3.63) is 158 Å². The lowest BCUT2D eigenvalue weighted by Gasteiger charge is -2.35. The number of hydrogen-bond donors (Lipinski definition) is 8. The Hall–Kier alpha value is -11.3. The fraction of sp³-hybridized carbons (Fsp3) is 0.516. The van der Waals surface area contributed by atoms with Gasteiger partial charge in [0.25, 0.3) is 5.56 Å². The number of carbonyl (C=O) groups is 10. The van der Waals surface area contributed by atoms with Gasteiger partial charge in [-0.25, -0.2) is 23.6 Å². The second-order valence-electron chi connectivity index (χ2n) is 35.7. The van der Waals surface area contributed by atoms with Crippen LogP contribution in [0.15, 0.2) is 102 Å². The van der Waals surface area contributed by atoms with Gasteiger partial charge in [0.2, 0.25) is 47.3 Å². The molecule has 3 aromatic heterocycles. The molecule has 7 aliphatic rings. The number of pyridine rings is 2. The van der Waals surface area contributed by atoms with Crippen LogP contribution in [0.5, 0.6) is 0 Å². The van der Waals surface area contributed by atoms with Gasteiger partial charge in [-0.05, 0) is 182 Å². The Kier molecular flexibility index (Phi) is 30.2. The largest absolute Gasteiger partial charge is 0.501 e. The number of unbranched alkanes of at least 4 members (excludes halogenated alkanes) is 1. The average Bonchev–Trinajstić information content (AvgIpc) is 1.53. The highest BCUT2D eigenvalue weighted by atomic mass is 28.4. The summed E-state index contributed by atoms with van der Waals surface area (Å²) >= 11 is 0. The van der Waals surface area contributed by atoms with Gasteiger partial charge in [-0.2, -0.15) is 0 Å². The Bertz CT molecular complexity index is 5490. The third kappa shape index (κ3) is 20.5. The number of aliphatic hydroxyl groups is 1. The highest BCUT2D eigenvalue weighted by Gasteiger charge is 2.63. The van der Waals surface area contributed by atoms with Crippen LogP contribution in [0.4, 0.5) is 20.6 Å². The number of alkyl carbamates (subject to hydrolysis) is 1. The predicted molar refractivity (Wildman–Crippen MR) is 480 cm³/mol. The summed E-state index contributed by atoms with van der Waals surface area (Å²) in [7, 11) is -3.02. The zero-order chi connectivity index (χ0) is 92.6. The number of allylic oxidation sites excluding steroid dienone is 2. The van der Waals surface area contributed by atoms with Gasteiger partial charge in [0.15, 0.2) is 5.60 Å². The number of halogens is 1. The fourth-order valence-corrected chi connectivity index (χ4v) is 22.7. The number of amides is 9. The van der Waals surface area contributed by atoms with Gasteiger partial charge in [0, 0.05) is 109 Å². The van der Waals surface area contributed by atoms with Gasteiger partial charge in [0.1, 0.15) is 36.8 Å². The summed E-state index contributed by atoms with van der Waals surface area (Å²) in [6.07, 6.45) is 6.67. The molecule has 0 radical (unpaired) electrons. The normalized spacial score (nSPS) is 19.5. The zero-order valence-corrected chi connectivity index (χ0v) is 76.4. The van der Waals surface area contributed by atoms with E-state index in [2.05, 4.69) is 54.4 Å². The van der Waals surface area contributed by atoms with Crippen molar-refractivity contribution >= 4 is 90.4 Å². The first-order valence-corrected chi connectivity index (χ1v) is 47.4. The third-order valence-electron chi connectivity index (χ3n) is 25.5. The number of fused-ring (bicyclic) bond motifs is 15.